The van der Waals surface area contributed by atoms with Gasteiger partial charge in [-0.2, -0.15) is 21.9 Å². The third-order valence-corrected chi connectivity index (χ3v) is 4.84. The summed E-state index contributed by atoms with van der Waals surface area (Å²) in [5.74, 6) is -0.271. The van der Waals surface area contributed by atoms with Crippen molar-refractivity contribution in [3.8, 4) is 5.88 Å². The van der Waals surface area contributed by atoms with E-state index in [1.807, 2.05) is 0 Å². The van der Waals surface area contributed by atoms with Crippen LogP contribution in [0.3, 0.4) is 0 Å². The zero-order valence-electron chi connectivity index (χ0n) is 13.8. The number of hydrogen-bond acceptors (Lipinski definition) is 6. The Hall–Kier alpha value is -2.75. The molecule has 0 bridgehead atoms. The molecule has 1 fully saturated rings. The first-order chi connectivity index (χ1) is 12.9. The van der Waals surface area contributed by atoms with Crippen LogP contribution in [0.5, 0.6) is 5.88 Å². The molecule has 10 heteroatoms. The zero-order valence-corrected chi connectivity index (χ0v) is 14.6. The molecular weight excluding hydrogens is 381 g/mol. The van der Waals surface area contributed by atoms with E-state index in [2.05, 4.69) is 13.7 Å². The number of amides is 1. The van der Waals surface area contributed by atoms with Gasteiger partial charge in [0.2, 0.25) is 5.88 Å². The molecule has 0 radical (unpaired) electrons. The number of halogens is 3. The minimum absolute atomic E-state index is 0.0981. The van der Waals surface area contributed by atoms with Crippen LogP contribution in [-0.2, 0) is 6.18 Å². The van der Waals surface area contributed by atoms with Crippen LogP contribution < -0.4 is 4.74 Å². The average Bonchev–Trinajstić information content (AvgIpc) is 3.29. The lowest BCUT2D eigenvalue weighted by Gasteiger charge is -2.17. The minimum Gasteiger partial charge on any atom is -0.472 e. The standard InChI is InChI=1S/C17H13F3N4O2S/c18-17(19,20)11-3-5-21-15(8-11)26-12-4-6-24(9-12)16(25)10-1-2-13-14(7-10)23-27-22-13/h1-3,5,7-8,12H,4,6,9H2. The van der Waals surface area contributed by atoms with Gasteiger partial charge in [-0.15, -0.1) is 0 Å². The van der Waals surface area contributed by atoms with E-state index in [1.54, 1.807) is 23.1 Å². The Balaban J connectivity index is 1.43. The highest BCUT2D eigenvalue weighted by Crippen LogP contribution is 2.31. The molecule has 1 aliphatic rings. The number of likely N-dealkylation sites (tertiary alicyclic amines) is 1. The predicted molar refractivity (Wildman–Crippen MR) is 91.6 cm³/mol. The molecule has 6 nitrogen and oxygen atoms in total. The summed E-state index contributed by atoms with van der Waals surface area (Å²) in [6.45, 7) is 0.736. The molecule has 2 aromatic heterocycles. The van der Waals surface area contributed by atoms with E-state index < -0.39 is 17.8 Å². The van der Waals surface area contributed by atoms with E-state index >= 15 is 0 Å². The molecule has 1 aliphatic heterocycles. The SMILES string of the molecule is O=C(c1ccc2nsnc2c1)N1CCC(Oc2cc(C(F)(F)F)ccn2)C1. The molecule has 0 aliphatic carbocycles. The number of aromatic nitrogens is 3. The summed E-state index contributed by atoms with van der Waals surface area (Å²) in [6.07, 6.45) is -3.28. The average molecular weight is 394 g/mol. The number of carbonyl (C=O) groups is 1. The Kier molecular flexibility index (Phi) is 4.42. The second-order valence-corrected chi connectivity index (χ2v) is 6.66. The fourth-order valence-corrected chi connectivity index (χ4v) is 3.44. The number of rotatable bonds is 3. The van der Waals surface area contributed by atoms with Gasteiger partial charge < -0.3 is 9.64 Å². The van der Waals surface area contributed by atoms with Gasteiger partial charge in [0.05, 0.1) is 23.8 Å². The van der Waals surface area contributed by atoms with Gasteiger partial charge in [0.1, 0.15) is 17.1 Å². The molecule has 0 spiro atoms. The van der Waals surface area contributed by atoms with Crippen molar-refractivity contribution in [3.05, 3.63) is 47.7 Å². The highest BCUT2D eigenvalue weighted by Gasteiger charge is 2.32. The first kappa shape index (κ1) is 17.7. The summed E-state index contributed by atoms with van der Waals surface area (Å²) >= 11 is 1.08. The van der Waals surface area contributed by atoms with E-state index in [0.717, 1.165) is 35.6 Å². The van der Waals surface area contributed by atoms with Crippen molar-refractivity contribution in [2.24, 2.45) is 0 Å². The summed E-state index contributed by atoms with van der Waals surface area (Å²) in [7, 11) is 0. The Morgan fingerprint density at radius 1 is 1.19 bits per heavy atom. The van der Waals surface area contributed by atoms with Crippen molar-refractivity contribution >= 4 is 28.7 Å². The molecule has 3 heterocycles. The van der Waals surface area contributed by atoms with Gasteiger partial charge in [-0.25, -0.2) is 4.98 Å². The summed E-state index contributed by atoms with van der Waals surface area (Å²) in [4.78, 5) is 18.1. The topological polar surface area (TPSA) is 68.2 Å². The minimum atomic E-state index is -4.46. The maximum Gasteiger partial charge on any atom is 0.416 e. The fraction of sp³-hybridized carbons (Fsp3) is 0.294. The van der Waals surface area contributed by atoms with Gasteiger partial charge in [0.15, 0.2) is 0 Å². The van der Waals surface area contributed by atoms with Gasteiger partial charge in [-0.05, 0) is 24.3 Å². The van der Waals surface area contributed by atoms with Crippen LogP contribution in [0.2, 0.25) is 0 Å². The highest BCUT2D eigenvalue weighted by molar-refractivity contribution is 7.00. The van der Waals surface area contributed by atoms with Crippen molar-refractivity contribution in [1.82, 2.24) is 18.6 Å². The number of pyridine rings is 1. The molecule has 1 atom stereocenters. The van der Waals surface area contributed by atoms with E-state index in [0.29, 0.717) is 24.0 Å². The summed E-state index contributed by atoms with van der Waals surface area (Å²) in [5, 5.41) is 0. The van der Waals surface area contributed by atoms with Gasteiger partial charge >= 0.3 is 6.18 Å². The monoisotopic (exact) mass is 394 g/mol. The fourth-order valence-electron chi connectivity index (χ4n) is 2.93. The number of nitrogens with zero attached hydrogens (tertiary/aromatic N) is 4. The lowest BCUT2D eigenvalue weighted by atomic mass is 10.2. The maximum absolute atomic E-state index is 12.8. The molecule has 1 aromatic carbocycles. The van der Waals surface area contributed by atoms with Crippen molar-refractivity contribution in [1.29, 1.82) is 0 Å². The van der Waals surface area contributed by atoms with Crippen LogP contribution in [0.15, 0.2) is 36.5 Å². The molecule has 0 N–H and O–H groups in total. The van der Waals surface area contributed by atoms with Gasteiger partial charge in [-0.1, -0.05) is 0 Å². The van der Waals surface area contributed by atoms with Crippen molar-refractivity contribution in [2.75, 3.05) is 13.1 Å². The van der Waals surface area contributed by atoms with E-state index in [1.165, 1.54) is 0 Å². The first-order valence-corrected chi connectivity index (χ1v) is 8.85. The number of fused-ring (bicyclic) bond motifs is 1. The number of carbonyl (C=O) groups excluding carboxylic acids is 1. The molecule has 0 saturated carbocycles. The summed E-state index contributed by atoms with van der Waals surface area (Å²) in [6, 6.07) is 6.87. The maximum atomic E-state index is 12.8. The zero-order chi connectivity index (χ0) is 19.0. The second-order valence-electron chi connectivity index (χ2n) is 6.13. The normalized spacial score (nSPS) is 17.4. The molecule has 27 heavy (non-hydrogen) atoms. The molecule has 3 aromatic rings. The van der Waals surface area contributed by atoms with Gasteiger partial charge in [-0.3, -0.25) is 4.79 Å². The Labute approximate surface area is 155 Å². The van der Waals surface area contributed by atoms with Crippen LogP contribution in [0.4, 0.5) is 13.2 Å². The van der Waals surface area contributed by atoms with Crippen molar-refractivity contribution in [2.45, 2.75) is 18.7 Å². The number of hydrogen-bond donors (Lipinski definition) is 0. The van der Waals surface area contributed by atoms with Crippen LogP contribution >= 0.6 is 11.7 Å². The number of alkyl halides is 3. The van der Waals surface area contributed by atoms with Gasteiger partial charge in [0, 0.05) is 30.8 Å². The molecular formula is C17H13F3N4O2S. The van der Waals surface area contributed by atoms with Crippen LogP contribution in [0.1, 0.15) is 22.3 Å². The third-order valence-electron chi connectivity index (χ3n) is 4.28. The quantitative estimate of drug-likeness (QED) is 0.681. The highest BCUT2D eigenvalue weighted by atomic mass is 32.1. The lowest BCUT2D eigenvalue weighted by Crippen LogP contribution is -2.31. The Morgan fingerprint density at radius 2 is 2.00 bits per heavy atom. The van der Waals surface area contributed by atoms with E-state index in [-0.39, 0.29) is 18.3 Å². The van der Waals surface area contributed by atoms with E-state index in [4.69, 9.17) is 4.74 Å². The molecule has 140 valence electrons. The van der Waals surface area contributed by atoms with Crippen LogP contribution in [-0.4, -0.2) is 43.7 Å². The Morgan fingerprint density at radius 3 is 2.81 bits per heavy atom. The molecule has 1 unspecified atom stereocenters. The number of benzene rings is 1. The van der Waals surface area contributed by atoms with Crippen LogP contribution in [0.25, 0.3) is 11.0 Å². The smallest absolute Gasteiger partial charge is 0.416 e. The summed E-state index contributed by atoms with van der Waals surface area (Å²) < 4.78 is 52.1. The van der Waals surface area contributed by atoms with Crippen LogP contribution in [0, 0.1) is 0 Å². The lowest BCUT2D eigenvalue weighted by molar-refractivity contribution is -0.137. The first-order valence-electron chi connectivity index (χ1n) is 8.12. The van der Waals surface area contributed by atoms with Crippen molar-refractivity contribution in [3.63, 3.8) is 0 Å². The van der Waals surface area contributed by atoms with Gasteiger partial charge in [0.25, 0.3) is 5.91 Å². The van der Waals surface area contributed by atoms with Crippen molar-refractivity contribution < 1.29 is 22.7 Å². The Bertz CT molecular complexity index is 991. The van der Waals surface area contributed by atoms with E-state index in [9.17, 15) is 18.0 Å². The second kappa shape index (κ2) is 6.76. The molecule has 4 rings (SSSR count). The molecule has 1 saturated heterocycles. The number of ether oxygens (including phenoxy) is 1. The predicted octanol–water partition coefficient (Wildman–Crippen LogP) is 3.40. The third kappa shape index (κ3) is 3.70. The molecule has 1 amide bonds. The summed E-state index contributed by atoms with van der Waals surface area (Å²) in [5.41, 5.74) is 1.07. The largest absolute Gasteiger partial charge is 0.472 e.